The summed E-state index contributed by atoms with van der Waals surface area (Å²) in [5.74, 6) is 0.596. The van der Waals surface area contributed by atoms with Crippen molar-refractivity contribution in [2.24, 2.45) is 0 Å². The molecule has 1 heterocycles. The molecule has 3 aromatic carbocycles. The van der Waals surface area contributed by atoms with Crippen molar-refractivity contribution < 1.29 is 4.79 Å². The van der Waals surface area contributed by atoms with Gasteiger partial charge in [-0.3, -0.25) is 9.59 Å². The molecule has 0 spiro atoms. The van der Waals surface area contributed by atoms with Crippen molar-refractivity contribution in [3.05, 3.63) is 94.8 Å². The van der Waals surface area contributed by atoms with Crippen LogP contribution in [0.2, 0.25) is 0 Å². The third kappa shape index (κ3) is 4.98. The van der Waals surface area contributed by atoms with Crippen LogP contribution in [0.1, 0.15) is 23.2 Å². The Morgan fingerprint density at radius 3 is 2.19 bits per heavy atom. The van der Waals surface area contributed by atoms with Crippen molar-refractivity contribution in [3.8, 4) is 11.1 Å². The minimum absolute atomic E-state index is 0.0686. The van der Waals surface area contributed by atoms with Gasteiger partial charge in [0, 0.05) is 24.0 Å². The second-order valence-electron chi connectivity index (χ2n) is 7.28. The summed E-state index contributed by atoms with van der Waals surface area (Å²) in [6, 6.07) is 25.1. The van der Waals surface area contributed by atoms with Crippen molar-refractivity contribution in [2.45, 2.75) is 12.8 Å². The summed E-state index contributed by atoms with van der Waals surface area (Å²) in [5, 5.41) is 14.3. The number of aromatic nitrogens is 2. The molecule has 6 nitrogen and oxygen atoms in total. The average Bonchev–Trinajstić information content (AvgIpc) is 2.83. The first-order valence-corrected chi connectivity index (χ1v) is 10.4. The topological polar surface area (TPSA) is 86.9 Å². The van der Waals surface area contributed by atoms with Crippen LogP contribution in [0, 0.1) is 0 Å². The van der Waals surface area contributed by atoms with Gasteiger partial charge in [0.1, 0.15) is 0 Å². The highest BCUT2D eigenvalue weighted by Gasteiger charge is 2.07. The second-order valence-corrected chi connectivity index (χ2v) is 7.28. The Hall–Kier alpha value is -3.93. The monoisotopic (exact) mass is 412 g/mol. The first kappa shape index (κ1) is 20.3. The Morgan fingerprint density at radius 1 is 0.774 bits per heavy atom. The van der Waals surface area contributed by atoms with Crippen molar-refractivity contribution in [2.75, 3.05) is 18.4 Å². The molecule has 3 N–H and O–H groups in total. The molecule has 0 radical (unpaired) electrons. The maximum atomic E-state index is 12.4. The lowest BCUT2D eigenvalue weighted by Crippen LogP contribution is -2.24. The fraction of sp³-hybridized carbons (Fsp3) is 0.160. The number of carbonyl (C=O) groups excluding carboxylic acids is 1. The molecule has 0 aliphatic rings. The highest BCUT2D eigenvalue weighted by Crippen LogP contribution is 2.19. The molecule has 31 heavy (non-hydrogen) atoms. The first-order chi connectivity index (χ1) is 15.2. The van der Waals surface area contributed by atoms with E-state index in [1.807, 2.05) is 60.7 Å². The van der Waals surface area contributed by atoms with Crippen LogP contribution < -0.4 is 16.2 Å². The van der Waals surface area contributed by atoms with Crippen molar-refractivity contribution in [3.63, 3.8) is 0 Å². The lowest BCUT2D eigenvalue weighted by Gasteiger charge is -2.09. The number of rotatable bonds is 8. The number of hydrogen-bond donors (Lipinski definition) is 3. The van der Waals surface area contributed by atoms with E-state index in [4.69, 9.17) is 0 Å². The lowest BCUT2D eigenvalue weighted by atomic mass is 10.0. The van der Waals surface area contributed by atoms with Crippen molar-refractivity contribution in [1.29, 1.82) is 0 Å². The number of unbranched alkanes of at least 4 members (excludes halogenated alkanes) is 1. The molecule has 0 saturated heterocycles. The molecule has 0 bridgehead atoms. The zero-order valence-corrected chi connectivity index (χ0v) is 17.1. The first-order valence-electron chi connectivity index (χ1n) is 10.4. The van der Waals surface area contributed by atoms with Gasteiger partial charge < -0.3 is 10.6 Å². The number of H-pyrrole nitrogens is 1. The molecular weight excluding hydrogens is 388 g/mol. The second kappa shape index (κ2) is 9.71. The number of aromatic amines is 1. The van der Waals surface area contributed by atoms with E-state index in [1.54, 1.807) is 6.07 Å². The van der Waals surface area contributed by atoms with Crippen LogP contribution in [-0.2, 0) is 0 Å². The molecule has 6 heteroatoms. The maximum Gasteiger partial charge on any atom is 0.272 e. The third-order valence-electron chi connectivity index (χ3n) is 5.13. The molecule has 4 rings (SSSR count). The van der Waals surface area contributed by atoms with Crippen LogP contribution in [0.25, 0.3) is 21.9 Å². The van der Waals surface area contributed by atoms with Gasteiger partial charge in [-0.15, -0.1) is 0 Å². The van der Waals surface area contributed by atoms with E-state index in [-0.39, 0.29) is 11.5 Å². The van der Waals surface area contributed by atoms with Crippen LogP contribution in [0.15, 0.2) is 83.7 Å². The van der Waals surface area contributed by atoms with Gasteiger partial charge in [0.15, 0.2) is 5.82 Å². The maximum absolute atomic E-state index is 12.4. The molecule has 1 aromatic heterocycles. The molecule has 0 aliphatic carbocycles. The quantitative estimate of drug-likeness (QED) is 0.378. The van der Waals surface area contributed by atoms with Gasteiger partial charge in [-0.05, 0) is 42.2 Å². The van der Waals surface area contributed by atoms with Crippen LogP contribution in [-0.4, -0.2) is 29.2 Å². The van der Waals surface area contributed by atoms with Crippen LogP contribution in [0.5, 0.6) is 0 Å². The normalized spacial score (nSPS) is 10.7. The molecule has 4 aromatic rings. The Kier molecular flexibility index (Phi) is 6.38. The molecule has 156 valence electrons. The van der Waals surface area contributed by atoms with Gasteiger partial charge in [-0.25, -0.2) is 5.10 Å². The largest absolute Gasteiger partial charge is 0.368 e. The number of carbonyl (C=O) groups is 1. The van der Waals surface area contributed by atoms with E-state index in [2.05, 4.69) is 33.0 Å². The van der Waals surface area contributed by atoms with Gasteiger partial charge in [0.2, 0.25) is 0 Å². The molecule has 0 saturated carbocycles. The Balaban J connectivity index is 1.22. The van der Waals surface area contributed by atoms with Crippen molar-refractivity contribution in [1.82, 2.24) is 15.5 Å². The Labute approximate surface area is 180 Å². The zero-order valence-electron chi connectivity index (χ0n) is 17.1. The predicted octanol–water partition coefficient (Wildman–Crippen LogP) is 4.21. The van der Waals surface area contributed by atoms with E-state index in [0.717, 1.165) is 29.4 Å². The summed E-state index contributed by atoms with van der Waals surface area (Å²) in [7, 11) is 0. The summed E-state index contributed by atoms with van der Waals surface area (Å²) in [6.45, 7) is 1.30. The average molecular weight is 412 g/mol. The lowest BCUT2D eigenvalue weighted by molar-refractivity contribution is 0.0953. The summed E-state index contributed by atoms with van der Waals surface area (Å²) < 4.78 is 0. The minimum Gasteiger partial charge on any atom is -0.368 e. The molecule has 0 aliphatic heterocycles. The number of fused-ring (bicyclic) bond motifs is 1. The fourth-order valence-corrected chi connectivity index (χ4v) is 3.45. The fourth-order valence-electron chi connectivity index (χ4n) is 3.45. The summed E-state index contributed by atoms with van der Waals surface area (Å²) >= 11 is 0. The number of hydrogen-bond acceptors (Lipinski definition) is 4. The smallest absolute Gasteiger partial charge is 0.272 e. The number of nitrogens with zero attached hydrogens (tertiary/aromatic N) is 1. The van der Waals surface area contributed by atoms with E-state index in [0.29, 0.717) is 29.9 Å². The minimum atomic E-state index is -0.194. The van der Waals surface area contributed by atoms with E-state index < -0.39 is 0 Å². The standard InChI is InChI=1S/C25H24N4O2/c30-24(20-14-12-19(13-15-20)18-8-2-1-3-9-18)27-17-7-6-16-26-23-21-10-4-5-11-22(21)25(31)29-28-23/h1-5,8-15H,6-7,16-17H2,(H,26,28)(H,27,30)(H,29,31). The molecular formula is C25H24N4O2. The van der Waals surface area contributed by atoms with Crippen molar-refractivity contribution >= 4 is 22.5 Å². The molecule has 1 amide bonds. The van der Waals surface area contributed by atoms with Gasteiger partial charge in [-0.1, -0.05) is 60.7 Å². The number of benzene rings is 3. The third-order valence-corrected chi connectivity index (χ3v) is 5.13. The number of nitrogens with one attached hydrogen (secondary N) is 3. The van der Waals surface area contributed by atoms with Crippen LogP contribution >= 0.6 is 0 Å². The van der Waals surface area contributed by atoms with Crippen LogP contribution in [0.4, 0.5) is 5.82 Å². The highest BCUT2D eigenvalue weighted by atomic mass is 16.1. The summed E-state index contributed by atoms with van der Waals surface area (Å²) in [5.41, 5.74) is 2.68. The SMILES string of the molecule is O=C(NCCCCNc1n[nH]c(=O)c2ccccc12)c1ccc(-c2ccccc2)cc1. The predicted molar refractivity (Wildman–Crippen MR) is 124 cm³/mol. The molecule has 0 unspecified atom stereocenters. The van der Waals surface area contributed by atoms with Gasteiger partial charge >= 0.3 is 0 Å². The summed E-state index contributed by atoms with van der Waals surface area (Å²) in [4.78, 5) is 24.2. The molecule has 0 fully saturated rings. The van der Waals surface area contributed by atoms with E-state index >= 15 is 0 Å². The van der Waals surface area contributed by atoms with Gasteiger partial charge in [0.05, 0.1) is 5.39 Å². The Bertz CT molecular complexity index is 1220. The number of amides is 1. The highest BCUT2D eigenvalue weighted by molar-refractivity contribution is 5.94. The zero-order chi connectivity index (χ0) is 21.5. The number of anilines is 1. The molecule has 0 atom stereocenters. The van der Waals surface area contributed by atoms with E-state index in [1.165, 1.54) is 0 Å². The summed E-state index contributed by atoms with van der Waals surface area (Å²) in [6.07, 6.45) is 1.70. The van der Waals surface area contributed by atoms with E-state index in [9.17, 15) is 9.59 Å². The van der Waals surface area contributed by atoms with Crippen LogP contribution in [0.3, 0.4) is 0 Å². The van der Waals surface area contributed by atoms with Gasteiger partial charge in [-0.2, -0.15) is 5.10 Å². The Morgan fingerprint density at radius 2 is 1.42 bits per heavy atom. The van der Waals surface area contributed by atoms with Gasteiger partial charge in [0.25, 0.3) is 11.5 Å².